The van der Waals surface area contributed by atoms with Crippen LogP contribution in [0.15, 0.2) is 53.4 Å². The number of ether oxygens (including phenoxy) is 1. The average molecular weight is 498 g/mol. The first-order valence-electron chi connectivity index (χ1n) is 10.6. The molecule has 0 fully saturated rings. The lowest BCUT2D eigenvalue weighted by Gasteiger charge is -2.20. The molecule has 182 valence electrons. The van der Waals surface area contributed by atoms with Gasteiger partial charge in [-0.3, -0.25) is 9.10 Å². The minimum atomic E-state index is -3.57. The molecule has 0 spiro atoms. The summed E-state index contributed by atoms with van der Waals surface area (Å²) in [5, 5.41) is 2.74. The Morgan fingerprint density at radius 2 is 1.48 bits per heavy atom. The van der Waals surface area contributed by atoms with Gasteiger partial charge >= 0.3 is 0 Å². The molecule has 11 heteroatoms. The molecular weight excluding hydrogens is 466 g/mol. The maximum atomic E-state index is 12.7. The number of hydrogen-bond acceptors (Lipinski definition) is 6. The van der Waals surface area contributed by atoms with E-state index in [1.165, 1.54) is 35.6 Å². The summed E-state index contributed by atoms with van der Waals surface area (Å²) >= 11 is 0. The van der Waals surface area contributed by atoms with Gasteiger partial charge in [0.2, 0.25) is 20.0 Å². The predicted octanol–water partition coefficient (Wildman–Crippen LogP) is 2.91. The van der Waals surface area contributed by atoms with Crippen molar-refractivity contribution < 1.29 is 26.4 Å². The summed E-state index contributed by atoms with van der Waals surface area (Å²) in [7, 11) is -5.50. The van der Waals surface area contributed by atoms with E-state index in [4.69, 9.17) is 4.74 Å². The van der Waals surface area contributed by atoms with E-state index in [0.29, 0.717) is 36.6 Å². The molecule has 0 heterocycles. The summed E-state index contributed by atoms with van der Waals surface area (Å²) in [6.07, 6.45) is 0.716. The monoisotopic (exact) mass is 497 g/mol. The van der Waals surface area contributed by atoms with Crippen molar-refractivity contribution in [1.82, 2.24) is 4.31 Å². The van der Waals surface area contributed by atoms with Gasteiger partial charge in [-0.15, -0.1) is 0 Å². The molecule has 33 heavy (non-hydrogen) atoms. The topological polar surface area (TPSA) is 113 Å². The number of anilines is 2. The molecule has 0 aliphatic carbocycles. The Labute approximate surface area is 196 Å². The van der Waals surface area contributed by atoms with Gasteiger partial charge in [0.25, 0.3) is 5.91 Å². The van der Waals surface area contributed by atoms with Gasteiger partial charge in [-0.2, -0.15) is 4.31 Å². The molecule has 0 saturated heterocycles. The number of carbonyl (C=O) groups excluding carboxylic acids is 1. The molecule has 0 saturated carbocycles. The van der Waals surface area contributed by atoms with Crippen LogP contribution in [0.5, 0.6) is 5.75 Å². The molecule has 2 aromatic carbocycles. The van der Waals surface area contributed by atoms with Crippen LogP contribution in [0.1, 0.15) is 27.2 Å². The fraction of sp³-hybridized carbons (Fsp3) is 0.409. The second-order valence-corrected chi connectivity index (χ2v) is 11.3. The van der Waals surface area contributed by atoms with E-state index < -0.39 is 26.2 Å². The predicted molar refractivity (Wildman–Crippen MR) is 130 cm³/mol. The molecule has 1 N–H and O–H groups in total. The zero-order valence-corrected chi connectivity index (χ0v) is 21.1. The summed E-state index contributed by atoms with van der Waals surface area (Å²) in [5.41, 5.74) is 0.924. The van der Waals surface area contributed by atoms with Gasteiger partial charge in [0.1, 0.15) is 5.75 Å². The molecule has 0 bridgehead atoms. The molecule has 1 atom stereocenters. The zero-order chi connectivity index (χ0) is 24.8. The lowest BCUT2D eigenvalue weighted by atomic mass is 10.2. The van der Waals surface area contributed by atoms with Crippen LogP contribution in [0.4, 0.5) is 11.4 Å². The Kier molecular flexibility index (Phi) is 8.87. The first kappa shape index (κ1) is 26.6. The van der Waals surface area contributed by atoms with Gasteiger partial charge in [-0.05, 0) is 55.0 Å². The van der Waals surface area contributed by atoms with E-state index in [-0.39, 0.29) is 10.8 Å². The summed E-state index contributed by atoms with van der Waals surface area (Å²) in [6.45, 7) is 6.10. The Balaban J connectivity index is 2.08. The largest absolute Gasteiger partial charge is 0.481 e. The lowest BCUT2D eigenvalue weighted by Crippen LogP contribution is -2.32. The number of benzene rings is 2. The quantitative estimate of drug-likeness (QED) is 0.511. The Hall–Kier alpha value is -2.63. The smallest absolute Gasteiger partial charge is 0.265 e. The molecule has 2 aromatic rings. The lowest BCUT2D eigenvalue weighted by molar-refractivity contribution is -0.122. The molecule has 0 aliphatic rings. The Morgan fingerprint density at radius 1 is 0.939 bits per heavy atom. The van der Waals surface area contributed by atoms with Crippen molar-refractivity contribution in [3.05, 3.63) is 48.5 Å². The van der Waals surface area contributed by atoms with Crippen LogP contribution in [0.3, 0.4) is 0 Å². The van der Waals surface area contributed by atoms with Crippen LogP contribution in [-0.4, -0.2) is 59.5 Å². The number of rotatable bonds is 11. The maximum absolute atomic E-state index is 12.7. The van der Waals surface area contributed by atoms with Gasteiger partial charge in [0.15, 0.2) is 6.10 Å². The third-order valence-corrected chi connectivity index (χ3v) is 8.37. The molecular formula is C22H31N3O6S2. The third kappa shape index (κ3) is 6.68. The second kappa shape index (κ2) is 11.0. The molecule has 0 unspecified atom stereocenters. The Bertz CT molecular complexity index is 1140. The molecule has 0 aromatic heterocycles. The highest BCUT2D eigenvalue weighted by molar-refractivity contribution is 7.92. The third-order valence-electron chi connectivity index (χ3n) is 5.10. The molecule has 0 aliphatic heterocycles. The van der Waals surface area contributed by atoms with E-state index >= 15 is 0 Å². The van der Waals surface area contributed by atoms with Gasteiger partial charge in [-0.1, -0.05) is 20.8 Å². The summed E-state index contributed by atoms with van der Waals surface area (Å²) in [5.74, 6) is 0.0393. The normalized spacial score (nSPS) is 12.9. The highest BCUT2D eigenvalue weighted by Crippen LogP contribution is 2.22. The van der Waals surface area contributed by atoms with E-state index in [1.54, 1.807) is 45.0 Å². The Morgan fingerprint density at radius 3 is 1.94 bits per heavy atom. The van der Waals surface area contributed by atoms with Crippen LogP contribution in [0.2, 0.25) is 0 Å². The van der Waals surface area contributed by atoms with Crippen LogP contribution in [0.25, 0.3) is 0 Å². The summed E-state index contributed by atoms with van der Waals surface area (Å²) in [6, 6.07) is 12.4. The minimum Gasteiger partial charge on any atom is -0.481 e. The standard InChI is InChI=1S/C22H31N3O6S2/c1-6-21(31-19-13-11-18(12-14-19)24(4)32(5,27)28)22(26)23-17-9-15-20(16-10-17)33(29,30)25(7-2)8-3/h9-16,21H,6-8H2,1-5H3,(H,23,26)/t21-/m0/s1. The van der Waals surface area contributed by atoms with Crippen LogP contribution < -0.4 is 14.4 Å². The van der Waals surface area contributed by atoms with Crippen LogP contribution in [0, 0.1) is 0 Å². The number of nitrogens with one attached hydrogen (secondary N) is 1. The number of hydrogen-bond donors (Lipinski definition) is 1. The number of sulfonamides is 2. The first-order chi connectivity index (χ1) is 15.4. The zero-order valence-electron chi connectivity index (χ0n) is 19.5. The summed E-state index contributed by atoms with van der Waals surface area (Å²) in [4.78, 5) is 12.8. The number of nitrogens with zero attached hydrogens (tertiary/aromatic N) is 2. The van der Waals surface area contributed by atoms with Gasteiger partial charge in [0, 0.05) is 25.8 Å². The van der Waals surface area contributed by atoms with Crippen molar-refractivity contribution in [3.8, 4) is 5.75 Å². The van der Waals surface area contributed by atoms with Crippen LogP contribution in [-0.2, 0) is 24.8 Å². The van der Waals surface area contributed by atoms with Gasteiger partial charge in [0.05, 0.1) is 16.8 Å². The second-order valence-electron chi connectivity index (χ2n) is 7.34. The fourth-order valence-corrected chi connectivity index (χ4v) is 5.02. The van der Waals surface area contributed by atoms with Crippen molar-refractivity contribution in [3.63, 3.8) is 0 Å². The number of amides is 1. The van der Waals surface area contributed by atoms with E-state index in [1.807, 2.05) is 0 Å². The fourth-order valence-electron chi connectivity index (χ4n) is 3.06. The van der Waals surface area contributed by atoms with Crippen molar-refractivity contribution >= 4 is 37.3 Å². The molecule has 0 radical (unpaired) electrons. The molecule has 2 rings (SSSR count). The van der Waals surface area contributed by atoms with Crippen molar-refractivity contribution in [2.45, 2.75) is 38.2 Å². The average Bonchev–Trinajstić information content (AvgIpc) is 2.77. The molecule has 1 amide bonds. The van der Waals surface area contributed by atoms with E-state index in [0.717, 1.165) is 10.6 Å². The molecule has 9 nitrogen and oxygen atoms in total. The van der Waals surface area contributed by atoms with Crippen molar-refractivity contribution in [1.29, 1.82) is 0 Å². The van der Waals surface area contributed by atoms with Gasteiger partial charge in [-0.25, -0.2) is 16.8 Å². The van der Waals surface area contributed by atoms with Crippen molar-refractivity contribution in [2.75, 3.05) is 36.0 Å². The van der Waals surface area contributed by atoms with Gasteiger partial charge < -0.3 is 10.1 Å². The minimum absolute atomic E-state index is 0.159. The van der Waals surface area contributed by atoms with Crippen LogP contribution >= 0.6 is 0 Å². The SMILES string of the molecule is CC[C@H](Oc1ccc(N(C)S(C)(=O)=O)cc1)C(=O)Nc1ccc(S(=O)(=O)N(CC)CC)cc1. The maximum Gasteiger partial charge on any atom is 0.265 e. The highest BCUT2D eigenvalue weighted by Gasteiger charge is 2.22. The highest BCUT2D eigenvalue weighted by atomic mass is 32.2. The van der Waals surface area contributed by atoms with Crippen molar-refractivity contribution in [2.24, 2.45) is 0 Å². The number of carbonyl (C=O) groups is 1. The van der Waals surface area contributed by atoms with E-state index in [9.17, 15) is 21.6 Å². The first-order valence-corrected chi connectivity index (χ1v) is 13.8. The van der Waals surface area contributed by atoms with E-state index in [2.05, 4.69) is 5.32 Å². The summed E-state index contributed by atoms with van der Waals surface area (Å²) < 4.78 is 56.8.